The largest absolute Gasteiger partial charge is 0.619 e. The van der Waals surface area contributed by atoms with Gasteiger partial charge in [0.2, 0.25) is 15.9 Å². The molecule has 1 N–H and O–H groups in total. The smallest absolute Gasteiger partial charge is 0.243 e. The number of halogens is 1. The van der Waals surface area contributed by atoms with Gasteiger partial charge in [-0.3, -0.25) is 4.79 Å². The summed E-state index contributed by atoms with van der Waals surface area (Å²) in [6.07, 6.45) is 3.81. The third-order valence-corrected chi connectivity index (χ3v) is 9.10. The molecule has 3 heterocycles. The number of anilines is 1. The first-order valence-electron chi connectivity index (χ1n) is 11.8. The molecule has 0 aliphatic carbocycles. The molecule has 2 fully saturated rings. The van der Waals surface area contributed by atoms with Crippen molar-refractivity contribution in [2.75, 3.05) is 44.2 Å². The lowest BCUT2D eigenvalue weighted by molar-refractivity contribution is -0.605. The molecule has 0 bridgehead atoms. The van der Waals surface area contributed by atoms with E-state index in [1.807, 2.05) is 0 Å². The topological polar surface area (TPSA) is 108 Å². The maximum absolute atomic E-state index is 13.2. The van der Waals surface area contributed by atoms with Crippen LogP contribution in [0.3, 0.4) is 0 Å². The van der Waals surface area contributed by atoms with Crippen molar-refractivity contribution >= 4 is 44.0 Å². The van der Waals surface area contributed by atoms with Crippen LogP contribution in [-0.2, 0) is 14.8 Å². The van der Waals surface area contributed by atoms with Gasteiger partial charge in [0.25, 0.3) is 0 Å². The Morgan fingerprint density at radius 2 is 1.64 bits per heavy atom. The summed E-state index contributed by atoms with van der Waals surface area (Å²) >= 11 is 6.02. The molecule has 2 saturated heterocycles. The molecular weight excluding hydrogens is 504 g/mol. The second kappa shape index (κ2) is 9.51. The lowest BCUT2D eigenvalue weighted by atomic mass is 9.90. The van der Waals surface area contributed by atoms with E-state index in [-0.39, 0.29) is 37.0 Å². The van der Waals surface area contributed by atoms with E-state index in [1.54, 1.807) is 47.4 Å². The summed E-state index contributed by atoms with van der Waals surface area (Å²) in [4.78, 5) is 16.7. The molecule has 1 amide bonds. The molecule has 9 nitrogen and oxygen atoms in total. The number of aromatic nitrogens is 1. The highest BCUT2D eigenvalue weighted by atomic mass is 35.5. The standard InChI is InChI=1S/C25H27ClN4O5S/c26-21-3-1-20-16-23(4-2-19(20)15-21)36(34,35)30-14-13-28(24(31)17-30)18-25(32)7-11-27(12-8-25)22-5-9-29(33)10-6-22/h1-6,9-10,15-16,32H,7-8,11-14,17-18H2. The fraction of sp³-hybridized carbons (Fsp3) is 0.360. The molecule has 2 aromatic carbocycles. The number of sulfonamides is 1. The molecule has 2 aliphatic heterocycles. The monoisotopic (exact) mass is 530 g/mol. The number of β-amino-alcohol motifs (C(OH)–C–C–N with tert-alkyl or cyclic N) is 1. The van der Waals surface area contributed by atoms with Gasteiger partial charge in [0.15, 0.2) is 12.4 Å². The second-order valence-corrected chi connectivity index (χ2v) is 11.8. The maximum Gasteiger partial charge on any atom is 0.243 e. The average Bonchev–Trinajstić information content (AvgIpc) is 2.86. The van der Waals surface area contributed by atoms with Crippen LogP contribution in [0, 0.1) is 5.21 Å². The molecule has 190 valence electrons. The summed E-state index contributed by atoms with van der Waals surface area (Å²) in [6, 6.07) is 13.6. The third-order valence-electron chi connectivity index (χ3n) is 7.02. The summed E-state index contributed by atoms with van der Waals surface area (Å²) in [6.45, 7) is 1.47. The number of benzene rings is 2. The zero-order valence-electron chi connectivity index (χ0n) is 19.6. The van der Waals surface area contributed by atoms with Gasteiger partial charge in [0.05, 0.1) is 17.0 Å². The summed E-state index contributed by atoms with van der Waals surface area (Å²) < 4.78 is 28.4. The van der Waals surface area contributed by atoms with Crippen molar-refractivity contribution in [3.05, 3.63) is 71.2 Å². The van der Waals surface area contributed by atoms with Crippen molar-refractivity contribution in [1.82, 2.24) is 9.21 Å². The average molecular weight is 531 g/mol. The van der Waals surface area contributed by atoms with Crippen LogP contribution >= 0.6 is 11.6 Å². The molecule has 0 atom stereocenters. The van der Waals surface area contributed by atoms with Gasteiger partial charge in [-0.25, -0.2) is 8.42 Å². The highest BCUT2D eigenvalue weighted by molar-refractivity contribution is 7.89. The SMILES string of the molecule is O=C1CN(S(=O)(=O)c2ccc3cc(Cl)ccc3c2)CCN1CC1(O)CCN(c2cc[n+]([O-])cc2)CC1. The molecule has 1 aromatic heterocycles. The third kappa shape index (κ3) is 4.99. The van der Waals surface area contributed by atoms with E-state index < -0.39 is 15.6 Å². The van der Waals surface area contributed by atoms with Crippen molar-refractivity contribution in [3.63, 3.8) is 0 Å². The molecule has 0 spiro atoms. The van der Waals surface area contributed by atoms with Gasteiger partial charge >= 0.3 is 0 Å². The molecule has 2 aliphatic rings. The fourth-order valence-corrected chi connectivity index (χ4v) is 6.47. The van der Waals surface area contributed by atoms with Gasteiger partial charge < -0.3 is 20.1 Å². The molecular formula is C25H27ClN4O5S. The minimum absolute atomic E-state index is 0.132. The predicted molar refractivity (Wildman–Crippen MR) is 136 cm³/mol. The number of fused-ring (bicyclic) bond motifs is 1. The zero-order valence-corrected chi connectivity index (χ0v) is 21.2. The number of rotatable bonds is 5. The van der Waals surface area contributed by atoms with Crippen LogP contribution in [0.15, 0.2) is 65.8 Å². The number of piperazine rings is 1. The van der Waals surface area contributed by atoms with Gasteiger partial charge in [0.1, 0.15) is 0 Å². The molecule has 0 saturated carbocycles. The first kappa shape index (κ1) is 24.8. The number of carbonyl (C=O) groups excluding carboxylic acids is 1. The number of piperidine rings is 1. The van der Waals surface area contributed by atoms with Crippen LogP contribution in [0.4, 0.5) is 5.69 Å². The fourth-order valence-electron chi connectivity index (χ4n) is 4.87. The summed E-state index contributed by atoms with van der Waals surface area (Å²) in [5, 5.41) is 24.6. The van der Waals surface area contributed by atoms with Gasteiger partial charge in [-0.05, 0) is 47.9 Å². The molecule has 11 heteroatoms. The molecule has 5 rings (SSSR count). The number of hydrogen-bond donors (Lipinski definition) is 1. The molecule has 36 heavy (non-hydrogen) atoms. The number of aliphatic hydroxyl groups is 1. The van der Waals surface area contributed by atoms with Crippen LogP contribution < -0.4 is 9.63 Å². The Morgan fingerprint density at radius 1 is 0.972 bits per heavy atom. The summed E-state index contributed by atoms with van der Waals surface area (Å²) in [7, 11) is -3.85. The Hall–Kier alpha value is -2.92. The molecule has 0 unspecified atom stereocenters. The molecule has 0 radical (unpaired) electrons. The lowest BCUT2D eigenvalue weighted by Gasteiger charge is -2.43. The zero-order chi connectivity index (χ0) is 25.5. The Balaban J connectivity index is 1.21. The first-order valence-corrected chi connectivity index (χ1v) is 13.6. The van der Waals surface area contributed by atoms with E-state index in [0.29, 0.717) is 31.0 Å². The number of amides is 1. The number of hydrogen-bond acceptors (Lipinski definition) is 6. The highest BCUT2D eigenvalue weighted by Crippen LogP contribution is 2.29. The Kier molecular flexibility index (Phi) is 6.54. The van der Waals surface area contributed by atoms with Crippen LogP contribution in [-0.4, -0.2) is 73.5 Å². The second-order valence-electron chi connectivity index (χ2n) is 9.43. The van der Waals surface area contributed by atoms with Crippen LogP contribution in [0.5, 0.6) is 0 Å². The van der Waals surface area contributed by atoms with Gasteiger partial charge in [0, 0.05) is 55.6 Å². The van der Waals surface area contributed by atoms with E-state index in [0.717, 1.165) is 21.2 Å². The number of nitrogens with zero attached hydrogens (tertiary/aromatic N) is 4. The van der Waals surface area contributed by atoms with E-state index in [9.17, 15) is 23.5 Å². The Labute approximate surface area is 214 Å². The first-order chi connectivity index (χ1) is 17.1. The minimum Gasteiger partial charge on any atom is -0.619 e. The Morgan fingerprint density at radius 3 is 2.33 bits per heavy atom. The van der Waals surface area contributed by atoms with Crippen LogP contribution in [0.25, 0.3) is 10.8 Å². The van der Waals surface area contributed by atoms with Crippen LogP contribution in [0.1, 0.15) is 12.8 Å². The minimum atomic E-state index is -3.85. The predicted octanol–water partition coefficient (Wildman–Crippen LogP) is 1.99. The van der Waals surface area contributed by atoms with Crippen molar-refractivity contribution < 1.29 is 23.0 Å². The van der Waals surface area contributed by atoms with Gasteiger partial charge in [-0.1, -0.05) is 23.7 Å². The Bertz CT molecular complexity index is 1390. The van der Waals surface area contributed by atoms with Gasteiger partial charge in [-0.15, -0.1) is 0 Å². The highest BCUT2D eigenvalue weighted by Gasteiger charge is 2.39. The quantitative estimate of drug-likeness (QED) is 0.399. The van der Waals surface area contributed by atoms with Crippen molar-refractivity contribution in [1.29, 1.82) is 0 Å². The van der Waals surface area contributed by atoms with Gasteiger partial charge in [-0.2, -0.15) is 9.04 Å². The normalized spacial score (nSPS) is 19.1. The number of carbonyl (C=O) groups is 1. The molecule has 3 aromatic rings. The lowest BCUT2D eigenvalue weighted by Crippen LogP contribution is -2.58. The van der Waals surface area contributed by atoms with E-state index >= 15 is 0 Å². The maximum atomic E-state index is 13.2. The van der Waals surface area contributed by atoms with Crippen molar-refractivity contribution in [2.45, 2.75) is 23.3 Å². The van der Waals surface area contributed by atoms with Crippen LogP contribution in [0.2, 0.25) is 5.02 Å². The van der Waals surface area contributed by atoms with E-state index in [4.69, 9.17) is 11.6 Å². The van der Waals surface area contributed by atoms with Crippen molar-refractivity contribution in [3.8, 4) is 0 Å². The summed E-state index contributed by atoms with van der Waals surface area (Å²) in [5.41, 5.74) is -0.129. The van der Waals surface area contributed by atoms with E-state index in [2.05, 4.69) is 4.90 Å². The van der Waals surface area contributed by atoms with Crippen molar-refractivity contribution in [2.24, 2.45) is 0 Å². The summed E-state index contributed by atoms with van der Waals surface area (Å²) in [5.74, 6) is -0.323. The van der Waals surface area contributed by atoms with E-state index in [1.165, 1.54) is 22.8 Å². The number of pyridine rings is 1.